The molecule has 0 spiro atoms. The van der Waals surface area contributed by atoms with E-state index in [1.165, 1.54) is 0 Å². The summed E-state index contributed by atoms with van der Waals surface area (Å²) < 4.78 is 21.5. The van der Waals surface area contributed by atoms with Crippen LogP contribution in [0.1, 0.15) is 37.8 Å². The van der Waals surface area contributed by atoms with Gasteiger partial charge in [0.1, 0.15) is 5.75 Å². The largest absolute Gasteiger partial charge is 0.497 e. The zero-order valence-electron chi connectivity index (χ0n) is 17.1. The van der Waals surface area contributed by atoms with Gasteiger partial charge in [0.2, 0.25) is 5.90 Å². The van der Waals surface area contributed by atoms with Gasteiger partial charge in [0.25, 0.3) is 0 Å². The summed E-state index contributed by atoms with van der Waals surface area (Å²) in [6.07, 6.45) is 2.61. The number of carbonyl (C=O) groups is 2. The van der Waals surface area contributed by atoms with Crippen LogP contribution in [0.2, 0.25) is 0 Å². The summed E-state index contributed by atoms with van der Waals surface area (Å²) >= 11 is 0. The first-order valence-electron chi connectivity index (χ1n) is 9.68. The molecule has 0 aliphatic carbocycles. The lowest BCUT2D eigenvalue weighted by Crippen LogP contribution is -2.08. The number of ether oxygens (including phenoxy) is 4. The molecular weight excluding hydrogens is 386 g/mol. The number of nitrogens with zero attached hydrogens (tertiary/aromatic N) is 1. The first-order valence-corrected chi connectivity index (χ1v) is 9.68. The highest BCUT2D eigenvalue weighted by atomic mass is 16.6. The average molecular weight is 409 g/mol. The van der Waals surface area contributed by atoms with Gasteiger partial charge in [-0.1, -0.05) is 19.1 Å². The number of hydrogen-bond donors (Lipinski definition) is 0. The first-order chi connectivity index (χ1) is 14.5. The Morgan fingerprint density at radius 2 is 1.97 bits per heavy atom. The molecule has 0 bridgehead atoms. The van der Waals surface area contributed by atoms with E-state index in [9.17, 15) is 9.59 Å². The van der Waals surface area contributed by atoms with Crippen molar-refractivity contribution < 1.29 is 28.5 Å². The molecule has 2 aromatic rings. The highest BCUT2D eigenvalue weighted by Gasteiger charge is 2.24. The minimum atomic E-state index is -0.552. The summed E-state index contributed by atoms with van der Waals surface area (Å²) in [5.74, 6) is 0.728. The lowest BCUT2D eigenvalue weighted by molar-refractivity contribution is -0.134. The monoisotopic (exact) mass is 409 g/mol. The highest BCUT2D eigenvalue weighted by molar-refractivity contribution is 6.13. The van der Waals surface area contributed by atoms with Gasteiger partial charge in [0, 0.05) is 12.0 Å². The van der Waals surface area contributed by atoms with Gasteiger partial charge in [-0.05, 0) is 55.3 Å². The number of hydrogen-bond acceptors (Lipinski definition) is 7. The van der Waals surface area contributed by atoms with Crippen LogP contribution in [0, 0.1) is 0 Å². The molecule has 0 radical (unpaired) electrons. The quantitative estimate of drug-likeness (QED) is 0.370. The van der Waals surface area contributed by atoms with Crippen molar-refractivity contribution in [1.82, 2.24) is 0 Å². The summed E-state index contributed by atoms with van der Waals surface area (Å²) in [7, 11) is 1.56. The van der Waals surface area contributed by atoms with Crippen molar-refractivity contribution in [2.75, 3.05) is 13.7 Å². The molecule has 0 aromatic heterocycles. The van der Waals surface area contributed by atoms with Crippen LogP contribution in [0.5, 0.6) is 17.2 Å². The molecule has 156 valence electrons. The second-order valence-electron chi connectivity index (χ2n) is 6.43. The van der Waals surface area contributed by atoms with E-state index in [2.05, 4.69) is 4.99 Å². The zero-order chi connectivity index (χ0) is 21.5. The van der Waals surface area contributed by atoms with Crippen LogP contribution in [0.25, 0.3) is 6.08 Å². The van der Waals surface area contributed by atoms with Crippen molar-refractivity contribution in [3.63, 3.8) is 0 Å². The molecule has 3 rings (SSSR count). The maximum Gasteiger partial charge on any atom is 0.363 e. The van der Waals surface area contributed by atoms with Crippen molar-refractivity contribution in [3.05, 3.63) is 59.3 Å². The summed E-state index contributed by atoms with van der Waals surface area (Å²) in [5, 5.41) is 0. The molecule has 1 heterocycles. The summed E-state index contributed by atoms with van der Waals surface area (Å²) in [4.78, 5) is 28.4. The number of benzene rings is 2. The molecule has 7 heteroatoms. The molecule has 2 aromatic carbocycles. The fraction of sp³-hybridized carbons (Fsp3) is 0.261. The van der Waals surface area contributed by atoms with E-state index in [-0.39, 0.29) is 17.6 Å². The third-order valence-electron chi connectivity index (χ3n) is 4.19. The average Bonchev–Trinajstić information content (AvgIpc) is 3.10. The summed E-state index contributed by atoms with van der Waals surface area (Å²) in [5.41, 5.74) is 1.46. The smallest absolute Gasteiger partial charge is 0.363 e. The van der Waals surface area contributed by atoms with Crippen LogP contribution in [0.4, 0.5) is 0 Å². The van der Waals surface area contributed by atoms with Gasteiger partial charge in [0.15, 0.2) is 17.2 Å². The Bertz CT molecular complexity index is 1010. The van der Waals surface area contributed by atoms with Gasteiger partial charge >= 0.3 is 11.9 Å². The number of carbonyl (C=O) groups excluding carboxylic acids is 2. The first kappa shape index (κ1) is 21.1. The van der Waals surface area contributed by atoms with Crippen LogP contribution in [-0.2, 0) is 14.3 Å². The van der Waals surface area contributed by atoms with Gasteiger partial charge in [-0.2, -0.15) is 0 Å². The lowest BCUT2D eigenvalue weighted by Gasteiger charge is -2.11. The van der Waals surface area contributed by atoms with Crippen molar-refractivity contribution in [3.8, 4) is 17.2 Å². The molecule has 0 atom stereocenters. The molecule has 30 heavy (non-hydrogen) atoms. The van der Waals surface area contributed by atoms with Gasteiger partial charge in [-0.25, -0.2) is 9.79 Å². The van der Waals surface area contributed by atoms with E-state index in [0.29, 0.717) is 47.8 Å². The molecule has 7 nitrogen and oxygen atoms in total. The molecule has 0 amide bonds. The predicted molar refractivity (Wildman–Crippen MR) is 112 cm³/mol. The Morgan fingerprint density at radius 3 is 2.70 bits per heavy atom. The van der Waals surface area contributed by atoms with Crippen molar-refractivity contribution in [2.24, 2.45) is 4.99 Å². The zero-order valence-corrected chi connectivity index (χ0v) is 17.1. The SMILES string of the molecule is CCCC(=O)Oc1ccc(C=C2N=C(c3cccc(OC)c3)OC2=O)cc1OCC. The van der Waals surface area contributed by atoms with Crippen molar-refractivity contribution in [1.29, 1.82) is 0 Å². The van der Waals surface area contributed by atoms with Gasteiger partial charge in [-0.3, -0.25) is 4.79 Å². The normalized spacial score (nSPS) is 14.3. The molecule has 0 N–H and O–H groups in total. The van der Waals surface area contributed by atoms with Gasteiger partial charge in [0.05, 0.1) is 13.7 Å². The molecule has 0 saturated carbocycles. The molecule has 0 unspecified atom stereocenters. The van der Waals surface area contributed by atoms with Crippen LogP contribution in [0.15, 0.2) is 53.2 Å². The van der Waals surface area contributed by atoms with E-state index in [4.69, 9.17) is 18.9 Å². The maximum absolute atomic E-state index is 12.3. The van der Waals surface area contributed by atoms with E-state index in [0.717, 1.165) is 0 Å². The minimum Gasteiger partial charge on any atom is -0.497 e. The molecule has 1 aliphatic rings. The predicted octanol–water partition coefficient (Wildman–Crippen LogP) is 4.14. The van der Waals surface area contributed by atoms with Crippen LogP contribution in [0.3, 0.4) is 0 Å². The second kappa shape index (κ2) is 9.73. The van der Waals surface area contributed by atoms with E-state index in [1.807, 2.05) is 13.8 Å². The van der Waals surface area contributed by atoms with Crippen molar-refractivity contribution >= 4 is 23.9 Å². The number of esters is 2. The standard InChI is InChI=1S/C23H23NO6/c1-4-7-21(25)29-19-11-10-15(13-20(19)28-5-2)12-18-23(26)30-22(24-18)16-8-6-9-17(14-16)27-3/h6,8-14H,4-5,7H2,1-3H3. The van der Waals surface area contributed by atoms with E-state index >= 15 is 0 Å². The van der Waals surface area contributed by atoms with E-state index in [1.54, 1.807) is 55.7 Å². The fourth-order valence-electron chi connectivity index (χ4n) is 2.79. The molecule has 0 saturated heterocycles. The fourth-order valence-corrected chi connectivity index (χ4v) is 2.79. The Morgan fingerprint density at radius 1 is 1.13 bits per heavy atom. The highest BCUT2D eigenvalue weighted by Crippen LogP contribution is 2.30. The summed E-state index contributed by atoms with van der Waals surface area (Å²) in [6.45, 7) is 4.14. The lowest BCUT2D eigenvalue weighted by atomic mass is 10.1. The topological polar surface area (TPSA) is 83.4 Å². The maximum atomic E-state index is 12.3. The Kier molecular flexibility index (Phi) is 6.85. The Balaban J connectivity index is 1.87. The molecule has 0 fully saturated rings. The van der Waals surface area contributed by atoms with E-state index < -0.39 is 5.97 Å². The minimum absolute atomic E-state index is 0.158. The second-order valence-corrected chi connectivity index (χ2v) is 6.43. The molecule has 1 aliphatic heterocycles. The summed E-state index contributed by atoms with van der Waals surface area (Å²) in [6, 6.07) is 12.2. The Hall–Kier alpha value is -3.61. The van der Waals surface area contributed by atoms with Crippen molar-refractivity contribution in [2.45, 2.75) is 26.7 Å². The molecular formula is C23H23NO6. The third-order valence-corrected chi connectivity index (χ3v) is 4.19. The van der Waals surface area contributed by atoms with Gasteiger partial charge in [-0.15, -0.1) is 0 Å². The number of methoxy groups -OCH3 is 1. The number of aliphatic imine (C=N–C) groups is 1. The number of cyclic esters (lactones) is 1. The number of rotatable bonds is 8. The van der Waals surface area contributed by atoms with Crippen LogP contribution < -0.4 is 14.2 Å². The van der Waals surface area contributed by atoms with Crippen LogP contribution >= 0.6 is 0 Å². The van der Waals surface area contributed by atoms with Gasteiger partial charge < -0.3 is 18.9 Å². The Labute approximate surface area is 174 Å². The third kappa shape index (κ3) is 5.05. The van der Waals surface area contributed by atoms with Crippen LogP contribution in [-0.4, -0.2) is 31.6 Å².